The fraction of sp³-hybridized carbons (Fsp3) is 0.562. The van der Waals surface area contributed by atoms with Gasteiger partial charge in [0.05, 0.1) is 11.3 Å². The van der Waals surface area contributed by atoms with Crippen molar-refractivity contribution >= 4 is 5.69 Å². The SMILES string of the molecule is CCC1CCN(c2ccc(C)cc2C#N)C(CN)C1. The first-order valence-electron chi connectivity index (χ1n) is 7.17. The smallest absolute Gasteiger partial charge is 0.101 e. The number of nitrogens with two attached hydrogens (primary N) is 1. The lowest BCUT2D eigenvalue weighted by Crippen LogP contribution is -2.47. The molecule has 0 radical (unpaired) electrons. The molecule has 0 amide bonds. The summed E-state index contributed by atoms with van der Waals surface area (Å²) in [6, 6.07) is 8.81. The van der Waals surface area contributed by atoms with Gasteiger partial charge < -0.3 is 10.6 Å². The maximum Gasteiger partial charge on any atom is 0.101 e. The number of benzene rings is 1. The van der Waals surface area contributed by atoms with Crippen LogP contribution in [0.25, 0.3) is 0 Å². The van der Waals surface area contributed by atoms with Crippen LogP contribution in [-0.4, -0.2) is 19.1 Å². The van der Waals surface area contributed by atoms with Gasteiger partial charge in [0.1, 0.15) is 6.07 Å². The highest BCUT2D eigenvalue weighted by Crippen LogP contribution is 2.31. The number of piperidine rings is 1. The standard InChI is InChI=1S/C16H23N3/c1-3-13-6-7-19(15(9-13)11-18)16-5-4-12(2)8-14(16)10-17/h4-5,8,13,15H,3,6-7,9,11,18H2,1-2H3. The molecule has 0 aliphatic carbocycles. The summed E-state index contributed by atoms with van der Waals surface area (Å²) in [4.78, 5) is 2.34. The zero-order valence-electron chi connectivity index (χ0n) is 11.9. The molecule has 1 fully saturated rings. The average molecular weight is 257 g/mol. The van der Waals surface area contributed by atoms with Gasteiger partial charge in [0.15, 0.2) is 0 Å². The number of nitrogens with zero attached hydrogens (tertiary/aromatic N) is 2. The Balaban J connectivity index is 2.28. The van der Waals surface area contributed by atoms with Crippen molar-refractivity contribution < 1.29 is 0 Å². The van der Waals surface area contributed by atoms with E-state index in [9.17, 15) is 5.26 Å². The molecule has 102 valence electrons. The molecular formula is C16H23N3. The maximum absolute atomic E-state index is 9.32. The second kappa shape index (κ2) is 6.08. The Hall–Kier alpha value is -1.53. The van der Waals surface area contributed by atoms with Crippen LogP contribution in [0, 0.1) is 24.2 Å². The third kappa shape index (κ3) is 2.90. The molecule has 0 bridgehead atoms. The molecule has 0 spiro atoms. The molecule has 1 aromatic carbocycles. The number of rotatable bonds is 3. The van der Waals surface area contributed by atoms with E-state index in [1.165, 1.54) is 12.8 Å². The second-order valence-corrected chi connectivity index (χ2v) is 5.51. The average Bonchev–Trinajstić information content (AvgIpc) is 2.46. The summed E-state index contributed by atoms with van der Waals surface area (Å²) in [5, 5.41) is 9.32. The normalized spacial score (nSPS) is 23.2. The quantitative estimate of drug-likeness (QED) is 0.906. The van der Waals surface area contributed by atoms with Crippen LogP contribution in [0.2, 0.25) is 0 Å². The lowest BCUT2D eigenvalue weighted by molar-refractivity contribution is 0.336. The minimum Gasteiger partial charge on any atom is -0.366 e. The molecule has 1 aromatic rings. The summed E-state index contributed by atoms with van der Waals surface area (Å²) < 4.78 is 0. The lowest BCUT2D eigenvalue weighted by Gasteiger charge is -2.40. The van der Waals surface area contributed by atoms with Gasteiger partial charge in [-0.15, -0.1) is 0 Å². The number of hydrogen-bond acceptors (Lipinski definition) is 3. The van der Waals surface area contributed by atoms with Crippen LogP contribution in [0.5, 0.6) is 0 Å². The first kappa shape index (κ1) is 13.9. The fourth-order valence-corrected chi connectivity index (χ4v) is 3.04. The lowest BCUT2D eigenvalue weighted by atomic mass is 9.88. The van der Waals surface area contributed by atoms with E-state index in [1.54, 1.807) is 0 Å². The highest BCUT2D eigenvalue weighted by atomic mass is 15.2. The van der Waals surface area contributed by atoms with Crippen LogP contribution >= 0.6 is 0 Å². The third-order valence-electron chi connectivity index (χ3n) is 4.26. The Kier molecular flexibility index (Phi) is 4.44. The predicted octanol–water partition coefficient (Wildman–Crippen LogP) is 2.82. The van der Waals surface area contributed by atoms with Crippen LogP contribution < -0.4 is 10.6 Å². The van der Waals surface area contributed by atoms with Crippen LogP contribution in [-0.2, 0) is 0 Å². The van der Waals surface area contributed by atoms with Crippen molar-refractivity contribution in [1.82, 2.24) is 0 Å². The molecule has 0 aromatic heterocycles. The highest BCUT2D eigenvalue weighted by molar-refractivity contribution is 5.61. The van der Waals surface area contributed by atoms with E-state index in [1.807, 2.05) is 13.0 Å². The Morgan fingerprint density at radius 1 is 1.47 bits per heavy atom. The summed E-state index contributed by atoms with van der Waals surface area (Å²) in [6.07, 6.45) is 3.57. The van der Waals surface area contributed by atoms with Crippen molar-refractivity contribution in [3.05, 3.63) is 29.3 Å². The van der Waals surface area contributed by atoms with Gasteiger partial charge in [-0.25, -0.2) is 0 Å². The van der Waals surface area contributed by atoms with Crippen molar-refractivity contribution in [3.8, 4) is 6.07 Å². The first-order chi connectivity index (χ1) is 9.19. The largest absolute Gasteiger partial charge is 0.366 e. The van der Waals surface area contributed by atoms with Gasteiger partial charge in [-0.05, 0) is 43.4 Å². The van der Waals surface area contributed by atoms with Crippen LogP contribution in [0.3, 0.4) is 0 Å². The highest BCUT2D eigenvalue weighted by Gasteiger charge is 2.28. The Labute approximate surface area is 116 Å². The van der Waals surface area contributed by atoms with Gasteiger partial charge in [-0.2, -0.15) is 5.26 Å². The Morgan fingerprint density at radius 3 is 2.89 bits per heavy atom. The molecule has 1 heterocycles. The molecule has 3 heteroatoms. The summed E-state index contributed by atoms with van der Waals surface area (Å²) in [6.45, 7) is 5.95. The van der Waals surface area contributed by atoms with E-state index in [4.69, 9.17) is 5.73 Å². The summed E-state index contributed by atoms with van der Waals surface area (Å²) >= 11 is 0. The molecule has 1 aliphatic heterocycles. The molecular weight excluding hydrogens is 234 g/mol. The van der Waals surface area contributed by atoms with E-state index < -0.39 is 0 Å². The number of nitriles is 1. The first-order valence-corrected chi connectivity index (χ1v) is 7.17. The predicted molar refractivity (Wildman–Crippen MR) is 79.1 cm³/mol. The van der Waals surface area contributed by atoms with Crippen LogP contribution in [0.15, 0.2) is 18.2 Å². The summed E-state index contributed by atoms with van der Waals surface area (Å²) in [5.74, 6) is 0.779. The zero-order chi connectivity index (χ0) is 13.8. The van der Waals surface area contributed by atoms with Gasteiger partial charge in [-0.3, -0.25) is 0 Å². The van der Waals surface area contributed by atoms with E-state index in [2.05, 4.69) is 30.0 Å². The molecule has 19 heavy (non-hydrogen) atoms. The maximum atomic E-state index is 9.32. The Bertz CT molecular complexity index is 475. The molecule has 2 atom stereocenters. The molecule has 2 unspecified atom stereocenters. The van der Waals surface area contributed by atoms with Crippen molar-refractivity contribution in [3.63, 3.8) is 0 Å². The van der Waals surface area contributed by atoms with Gasteiger partial charge in [0, 0.05) is 19.1 Å². The third-order valence-corrected chi connectivity index (χ3v) is 4.26. The minimum atomic E-state index is 0.369. The molecule has 2 N–H and O–H groups in total. The van der Waals surface area contributed by atoms with E-state index >= 15 is 0 Å². The number of aryl methyl sites for hydroxylation is 1. The van der Waals surface area contributed by atoms with Crippen molar-refractivity contribution in [2.24, 2.45) is 11.7 Å². The summed E-state index contributed by atoms with van der Waals surface area (Å²) in [7, 11) is 0. The summed E-state index contributed by atoms with van der Waals surface area (Å²) in [5.41, 5.74) is 8.90. The molecule has 1 aliphatic rings. The number of hydrogen-bond donors (Lipinski definition) is 1. The van der Waals surface area contributed by atoms with Gasteiger partial charge in [0.25, 0.3) is 0 Å². The molecule has 2 rings (SSSR count). The topological polar surface area (TPSA) is 53.0 Å². The fourth-order valence-electron chi connectivity index (χ4n) is 3.04. The molecule has 1 saturated heterocycles. The molecule has 0 saturated carbocycles. The van der Waals surface area contributed by atoms with Crippen LogP contribution in [0.4, 0.5) is 5.69 Å². The van der Waals surface area contributed by atoms with E-state index in [0.717, 1.165) is 35.7 Å². The number of anilines is 1. The van der Waals surface area contributed by atoms with Gasteiger partial charge in [-0.1, -0.05) is 19.4 Å². The van der Waals surface area contributed by atoms with Gasteiger partial charge >= 0.3 is 0 Å². The van der Waals surface area contributed by atoms with Crippen LogP contribution in [0.1, 0.15) is 37.3 Å². The zero-order valence-corrected chi connectivity index (χ0v) is 11.9. The van der Waals surface area contributed by atoms with E-state index in [0.29, 0.717) is 12.6 Å². The van der Waals surface area contributed by atoms with Gasteiger partial charge in [0.2, 0.25) is 0 Å². The van der Waals surface area contributed by atoms with Crippen molar-refractivity contribution in [1.29, 1.82) is 5.26 Å². The monoisotopic (exact) mass is 257 g/mol. The minimum absolute atomic E-state index is 0.369. The molecule has 3 nitrogen and oxygen atoms in total. The van der Waals surface area contributed by atoms with Crippen molar-refractivity contribution in [2.75, 3.05) is 18.0 Å². The Morgan fingerprint density at radius 2 is 2.26 bits per heavy atom. The second-order valence-electron chi connectivity index (χ2n) is 5.51. The van der Waals surface area contributed by atoms with E-state index in [-0.39, 0.29) is 0 Å². The van der Waals surface area contributed by atoms with Crippen molar-refractivity contribution in [2.45, 2.75) is 39.2 Å².